The maximum Gasteiger partial charge on any atom is 0.216 e. The van der Waals surface area contributed by atoms with Gasteiger partial charge in [0.15, 0.2) is 5.82 Å². The number of nitrogens with zero attached hydrogens (tertiary/aromatic N) is 3. The highest BCUT2D eigenvalue weighted by Crippen LogP contribution is 2.32. The molecule has 1 N–H and O–H groups in total. The summed E-state index contributed by atoms with van der Waals surface area (Å²) >= 11 is 5.33. The highest BCUT2D eigenvalue weighted by atomic mass is 32.1. The molecule has 140 valence electrons. The van der Waals surface area contributed by atoms with Crippen molar-refractivity contribution in [2.24, 2.45) is 5.10 Å². The predicted octanol–water partition coefficient (Wildman–Crippen LogP) is 3.91. The zero-order valence-corrected chi connectivity index (χ0v) is 16.1. The molecule has 0 saturated heterocycles. The quantitative estimate of drug-likeness (QED) is 0.494. The van der Waals surface area contributed by atoms with Crippen LogP contribution in [0, 0.1) is 4.77 Å². The minimum Gasteiger partial charge on any atom is -0.497 e. The number of ether oxygens (including phenoxy) is 3. The van der Waals surface area contributed by atoms with Gasteiger partial charge in [0.05, 0.1) is 32.6 Å². The van der Waals surface area contributed by atoms with Crippen LogP contribution in [0.5, 0.6) is 17.2 Å². The number of hydrogen-bond acceptors (Lipinski definition) is 6. The van der Waals surface area contributed by atoms with Crippen molar-refractivity contribution in [1.29, 1.82) is 0 Å². The van der Waals surface area contributed by atoms with E-state index in [4.69, 9.17) is 26.4 Å². The summed E-state index contributed by atoms with van der Waals surface area (Å²) in [6.07, 6.45) is 1.69. The van der Waals surface area contributed by atoms with Crippen LogP contribution in [0.1, 0.15) is 12.5 Å². The summed E-state index contributed by atoms with van der Waals surface area (Å²) in [6, 6.07) is 13.1. The van der Waals surface area contributed by atoms with Crippen LogP contribution >= 0.6 is 12.2 Å². The van der Waals surface area contributed by atoms with Gasteiger partial charge < -0.3 is 14.2 Å². The van der Waals surface area contributed by atoms with Gasteiger partial charge in [-0.2, -0.15) is 14.9 Å². The number of nitrogens with one attached hydrogen (secondary N) is 1. The van der Waals surface area contributed by atoms with Gasteiger partial charge in [-0.3, -0.25) is 0 Å². The third-order valence-corrected chi connectivity index (χ3v) is 4.10. The van der Waals surface area contributed by atoms with Crippen LogP contribution in [-0.2, 0) is 0 Å². The van der Waals surface area contributed by atoms with Crippen molar-refractivity contribution in [1.82, 2.24) is 14.9 Å². The molecule has 0 spiro atoms. The van der Waals surface area contributed by atoms with E-state index in [1.807, 2.05) is 43.3 Å². The Bertz CT molecular complexity index is 1010. The molecule has 0 aliphatic heterocycles. The summed E-state index contributed by atoms with van der Waals surface area (Å²) in [5.41, 5.74) is 1.58. The number of aromatic nitrogens is 3. The van der Waals surface area contributed by atoms with E-state index in [-0.39, 0.29) is 0 Å². The SMILES string of the molecule is CCOc1ccccc1/C=N\n1c(-c2ccc(OC)cc2OC)n[nH]c1=S. The lowest BCUT2D eigenvalue weighted by Crippen LogP contribution is -1.99. The molecule has 0 unspecified atom stereocenters. The van der Waals surface area contributed by atoms with Crippen molar-refractivity contribution in [3.05, 3.63) is 52.8 Å². The van der Waals surface area contributed by atoms with Gasteiger partial charge in [-0.05, 0) is 43.4 Å². The van der Waals surface area contributed by atoms with Gasteiger partial charge in [-0.25, -0.2) is 5.10 Å². The molecule has 0 aliphatic rings. The fraction of sp³-hybridized carbons (Fsp3) is 0.211. The third-order valence-electron chi connectivity index (χ3n) is 3.83. The second kappa shape index (κ2) is 8.50. The van der Waals surface area contributed by atoms with Crippen molar-refractivity contribution >= 4 is 18.4 Å². The Labute approximate surface area is 162 Å². The summed E-state index contributed by atoms with van der Waals surface area (Å²) in [6.45, 7) is 2.51. The fourth-order valence-corrected chi connectivity index (χ4v) is 2.73. The minimum absolute atomic E-state index is 0.369. The molecule has 3 rings (SSSR count). The van der Waals surface area contributed by atoms with E-state index in [1.165, 1.54) is 0 Å². The van der Waals surface area contributed by atoms with Crippen LogP contribution in [0.3, 0.4) is 0 Å². The Morgan fingerprint density at radius 1 is 1.15 bits per heavy atom. The van der Waals surface area contributed by atoms with Crippen molar-refractivity contribution in [3.63, 3.8) is 0 Å². The first kappa shape index (κ1) is 18.7. The first-order valence-electron chi connectivity index (χ1n) is 8.34. The number of rotatable bonds is 7. The molecule has 27 heavy (non-hydrogen) atoms. The van der Waals surface area contributed by atoms with Crippen molar-refractivity contribution < 1.29 is 14.2 Å². The normalized spacial score (nSPS) is 10.9. The summed E-state index contributed by atoms with van der Waals surface area (Å²) in [5.74, 6) is 2.58. The van der Waals surface area contributed by atoms with Gasteiger partial charge in [-0.15, -0.1) is 0 Å². The molecule has 0 amide bonds. The molecule has 7 nitrogen and oxygen atoms in total. The highest BCUT2D eigenvalue weighted by molar-refractivity contribution is 7.71. The number of benzene rings is 2. The fourth-order valence-electron chi connectivity index (χ4n) is 2.55. The molecule has 0 fully saturated rings. The summed E-state index contributed by atoms with van der Waals surface area (Å²) in [5, 5.41) is 11.6. The van der Waals surface area contributed by atoms with Gasteiger partial charge in [0.1, 0.15) is 17.2 Å². The standard InChI is InChI=1S/C19H20N4O3S/c1-4-26-16-8-6-5-7-13(16)12-20-23-18(21-22-19(23)27)15-10-9-14(24-2)11-17(15)25-3/h5-12H,4H2,1-3H3,(H,22,27)/b20-12-. The number of para-hydroxylation sites is 1. The van der Waals surface area contributed by atoms with E-state index in [1.54, 1.807) is 31.2 Å². The molecule has 0 bridgehead atoms. The van der Waals surface area contributed by atoms with Crippen LogP contribution in [0.2, 0.25) is 0 Å². The average Bonchev–Trinajstić information content (AvgIpc) is 3.07. The van der Waals surface area contributed by atoms with Crippen LogP contribution < -0.4 is 14.2 Å². The van der Waals surface area contributed by atoms with E-state index in [0.29, 0.717) is 28.7 Å². The molecule has 0 aliphatic carbocycles. The van der Waals surface area contributed by atoms with E-state index in [0.717, 1.165) is 16.9 Å². The van der Waals surface area contributed by atoms with E-state index in [9.17, 15) is 0 Å². The van der Waals surface area contributed by atoms with Gasteiger partial charge in [0, 0.05) is 11.6 Å². The van der Waals surface area contributed by atoms with Crippen LogP contribution in [0.25, 0.3) is 11.4 Å². The Hall–Kier alpha value is -3.13. The molecular weight excluding hydrogens is 364 g/mol. The van der Waals surface area contributed by atoms with Gasteiger partial charge in [0.2, 0.25) is 4.77 Å². The van der Waals surface area contributed by atoms with Crippen LogP contribution in [0.4, 0.5) is 0 Å². The smallest absolute Gasteiger partial charge is 0.216 e. The van der Waals surface area contributed by atoms with Crippen LogP contribution in [0.15, 0.2) is 47.6 Å². The van der Waals surface area contributed by atoms with Gasteiger partial charge in [-0.1, -0.05) is 12.1 Å². The van der Waals surface area contributed by atoms with Gasteiger partial charge >= 0.3 is 0 Å². The topological polar surface area (TPSA) is 73.7 Å². The summed E-state index contributed by atoms with van der Waals surface area (Å²) in [4.78, 5) is 0. The number of methoxy groups -OCH3 is 2. The van der Waals surface area contributed by atoms with E-state index < -0.39 is 0 Å². The molecule has 1 heterocycles. The van der Waals surface area contributed by atoms with Crippen molar-refractivity contribution in [2.75, 3.05) is 20.8 Å². The van der Waals surface area contributed by atoms with E-state index in [2.05, 4.69) is 15.3 Å². The largest absolute Gasteiger partial charge is 0.497 e. The van der Waals surface area contributed by atoms with Gasteiger partial charge in [0.25, 0.3) is 0 Å². The Kier molecular flexibility index (Phi) is 5.87. The zero-order chi connectivity index (χ0) is 19.2. The summed E-state index contributed by atoms with van der Waals surface area (Å²) in [7, 11) is 3.19. The monoisotopic (exact) mass is 384 g/mol. The first-order chi connectivity index (χ1) is 13.2. The third kappa shape index (κ3) is 4.01. The molecule has 3 aromatic rings. The maximum absolute atomic E-state index is 5.63. The van der Waals surface area contributed by atoms with E-state index >= 15 is 0 Å². The Morgan fingerprint density at radius 2 is 1.96 bits per heavy atom. The lowest BCUT2D eigenvalue weighted by atomic mass is 10.2. The van der Waals surface area contributed by atoms with Crippen LogP contribution in [-0.4, -0.2) is 41.9 Å². The maximum atomic E-state index is 5.63. The second-order valence-electron chi connectivity index (χ2n) is 5.45. The molecule has 8 heteroatoms. The predicted molar refractivity (Wildman–Crippen MR) is 107 cm³/mol. The first-order valence-corrected chi connectivity index (χ1v) is 8.74. The average molecular weight is 384 g/mol. The minimum atomic E-state index is 0.369. The number of H-pyrrole nitrogens is 1. The Balaban J connectivity index is 2.03. The molecule has 0 saturated carbocycles. The highest BCUT2D eigenvalue weighted by Gasteiger charge is 2.14. The lowest BCUT2D eigenvalue weighted by Gasteiger charge is -2.10. The molecule has 2 aromatic carbocycles. The second-order valence-corrected chi connectivity index (χ2v) is 5.83. The van der Waals surface area contributed by atoms with Crippen molar-refractivity contribution in [3.8, 4) is 28.6 Å². The molecule has 1 aromatic heterocycles. The Morgan fingerprint density at radius 3 is 2.70 bits per heavy atom. The molecule has 0 atom stereocenters. The number of aromatic amines is 1. The number of hydrogen-bond donors (Lipinski definition) is 1. The molecule has 0 radical (unpaired) electrons. The summed E-state index contributed by atoms with van der Waals surface area (Å²) < 4.78 is 18.3. The van der Waals surface area contributed by atoms with Crippen molar-refractivity contribution in [2.45, 2.75) is 6.92 Å². The molecular formula is C19H20N4O3S. The lowest BCUT2D eigenvalue weighted by molar-refractivity contribution is 0.340. The zero-order valence-electron chi connectivity index (χ0n) is 15.3.